The molecule has 0 aromatic carbocycles. The first-order valence-corrected chi connectivity index (χ1v) is 9.35. The maximum Gasteiger partial charge on any atom is 0.428 e. The molecule has 0 radical (unpaired) electrons. The predicted octanol–water partition coefficient (Wildman–Crippen LogP) is 5.09. The van der Waals surface area contributed by atoms with Crippen LogP contribution < -0.4 is 0 Å². The molecule has 0 atom stereocenters. The highest BCUT2D eigenvalue weighted by Gasteiger charge is 2.58. The Morgan fingerprint density at radius 1 is 1.00 bits per heavy atom. The summed E-state index contributed by atoms with van der Waals surface area (Å²) < 4.78 is 45.2. The van der Waals surface area contributed by atoms with Gasteiger partial charge in [-0.15, -0.1) is 0 Å². The van der Waals surface area contributed by atoms with Gasteiger partial charge in [0.05, 0.1) is 6.42 Å². The van der Waals surface area contributed by atoms with Gasteiger partial charge in [0.25, 0.3) is 0 Å². The van der Waals surface area contributed by atoms with Crippen molar-refractivity contribution in [2.75, 3.05) is 19.6 Å². The highest BCUT2D eigenvalue weighted by atomic mass is 19.4. The number of hydrogen-bond acceptors (Lipinski definition) is 3. The quantitative estimate of drug-likeness (QED) is 0.514. The molecule has 0 N–H and O–H groups in total. The van der Waals surface area contributed by atoms with E-state index < -0.39 is 17.7 Å². The van der Waals surface area contributed by atoms with Gasteiger partial charge in [0.1, 0.15) is 0 Å². The zero-order chi connectivity index (χ0) is 18.1. The molecule has 0 aromatic heterocycles. The Morgan fingerprint density at radius 3 is 2.00 bits per heavy atom. The number of halogens is 3. The van der Waals surface area contributed by atoms with Crippen LogP contribution in [0.25, 0.3) is 0 Å². The second-order valence-corrected chi connectivity index (χ2v) is 6.83. The first-order chi connectivity index (χ1) is 11.3. The van der Waals surface area contributed by atoms with Gasteiger partial charge in [0, 0.05) is 6.54 Å². The molecule has 0 bridgehead atoms. The molecule has 0 saturated heterocycles. The van der Waals surface area contributed by atoms with E-state index in [0.29, 0.717) is 19.4 Å². The third-order valence-corrected chi connectivity index (χ3v) is 4.77. The van der Waals surface area contributed by atoms with Crippen molar-refractivity contribution in [3.05, 3.63) is 0 Å². The van der Waals surface area contributed by atoms with Crippen LogP contribution in [0.4, 0.5) is 13.2 Å². The third kappa shape index (κ3) is 6.61. The number of nitrogens with zero attached hydrogens (tertiary/aromatic N) is 1. The molecule has 3 nitrogen and oxygen atoms in total. The lowest BCUT2D eigenvalue weighted by Crippen LogP contribution is -2.50. The lowest BCUT2D eigenvalue weighted by molar-refractivity contribution is -0.279. The van der Waals surface area contributed by atoms with Crippen LogP contribution >= 0.6 is 0 Å². The van der Waals surface area contributed by atoms with E-state index in [4.69, 9.17) is 4.74 Å². The average molecular weight is 351 g/mol. The van der Waals surface area contributed by atoms with E-state index >= 15 is 0 Å². The van der Waals surface area contributed by atoms with Crippen molar-refractivity contribution in [1.29, 1.82) is 0 Å². The third-order valence-electron chi connectivity index (χ3n) is 4.77. The summed E-state index contributed by atoms with van der Waals surface area (Å²) in [6.07, 6.45) is 1.24. The van der Waals surface area contributed by atoms with Crippen molar-refractivity contribution in [1.82, 2.24) is 4.90 Å². The number of alkyl halides is 3. The lowest BCUT2D eigenvalue weighted by atomic mass is 9.84. The minimum atomic E-state index is -4.48. The molecule has 1 aliphatic carbocycles. The standard InChI is InChI=1S/C18H32F3NO2/c1-3-5-13-22(14-6-4-2)15-10-16(23)24-17(18(19,20)21)11-8-7-9-12-17/h3-15H2,1-2H3. The van der Waals surface area contributed by atoms with Crippen LogP contribution in [-0.4, -0.2) is 42.3 Å². The number of rotatable bonds is 10. The summed E-state index contributed by atoms with van der Waals surface area (Å²) in [7, 11) is 0. The fourth-order valence-corrected chi connectivity index (χ4v) is 3.18. The Kier molecular flexibility index (Phi) is 9.09. The Hall–Kier alpha value is -0.780. The molecule has 0 heterocycles. The fourth-order valence-electron chi connectivity index (χ4n) is 3.18. The number of carbonyl (C=O) groups excluding carboxylic acids is 1. The zero-order valence-corrected chi connectivity index (χ0v) is 15.1. The van der Waals surface area contributed by atoms with Crippen molar-refractivity contribution in [3.63, 3.8) is 0 Å². The minimum absolute atomic E-state index is 0.0330. The Labute approximate surface area is 143 Å². The maximum absolute atomic E-state index is 13.4. The van der Waals surface area contributed by atoms with Gasteiger partial charge >= 0.3 is 12.1 Å². The second-order valence-electron chi connectivity index (χ2n) is 6.83. The Bertz CT molecular complexity index is 358. The van der Waals surface area contributed by atoms with E-state index in [-0.39, 0.29) is 19.3 Å². The summed E-state index contributed by atoms with van der Waals surface area (Å²) in [5, 5.41) is 0. The van der Waals surface area contributed by atoms with E-state index in [1.165, 1.54) is 0 Å². The smallest absolute Gasteiger partial charge is 0.428 e. The van der Waals surface area contributed by atoms with Crippen molar-refractivity contribution in [3.8, 4) is 0 Å². The highest BCUT2D eigenvalue weighted by Crippen LogP contribution is 2.44. The van der Waals surface area contributed by atoms with E-state index in [9.17, 15) is 18.0 Å². The van der Waals surface area contributed by atoms with Crippen molar-refractivity contribution < 1.29 is 22.7 Å². The van der Waals surface area contributed by atoms with Crippen LogP contribution in [0.2, 0.25) is 0 Å². The van der Waals surface area contributed by atoms with Crippen LogP contribution in [0.5, 0.6) is 0 Å². The summed E-state index contributed by atoms with van der Waals surface area (Å²) >= 11 is 0. The molecular weight excluding hydrogens is 319 g/mol. The van der Waals surface area contributed by atoms with Crippen molar-refractivity contribution in [2.45, 2.75) is 89.8 Å². The molecule has 0 unspecified atom stereocenters. The number of carbonyl (C=O) groups is 1. The van der Waals surface area contributed by atoms with Gasteiger partial charge in [-0.3, -0.25) is 4.79 Å². The average Bonchev–Trinajstić information content (AvgIpc) is 2.54. The molecule has 0 aliphatic heterocycles. The molecule has 1 saturated carbocycles. The van der Waals surface area contributed by atoms with Crippen LogP contribution in [0.3, 0.4) is 0 Å². The molecule has 0 aromatic rings. The van der Waals surface area contributed by atoms with E-state index in [1.54, 1.807) is 0 Å². The summed E-state index contributed by atoms with van der Waals surface area (Å²) in [5.41, 5.74) is -2.25. The van der Waals surface area contributed by atoms with Crippen LogP contribution in [-0.2, 0) is 9.53 Å². The van der Waals surface area contributed by atoms with Crippen LogP contribution in [0.15, 0.2) is 0 Å². The normalized spacial score (nSPS) is 17.9. The number of esters is 1. The molecule has 1 rings (SSSR count). The minimum Gasteiger partial charge on any atom is -0.449 e. The van der Waals surface area contributed by atoms with E-state index in [2.05, 4.69) is 18.7 Å². The van der Waals surface area contributed by atoms with Gasteiger partial charge in [-0.2, -0.15) is 13.2 Å². The maximum atomic E-state index is 13.4. The molecule has 1 aliphatic rings. The summed E-state index contributed by atoms with van der Waals surface area (Å²) in [5.74, 6) is -0.716. The Balaban J connectivity index is 2.55. The first kappa shape index (κ1) is 21.3. The van der Waals surface area contributed by atoms with Gasteiger partial charge in [0.15, 0.2) is 0 Å². The second kappa shape index (κ2) is 10.3. The zero-order valence-electron chi connectivity index (χ0n) is 15.1. The summed E-state index contributed by atoms with van der Waals surface area (Å²) in [6.45, 7) is 6.44. The highest BCUT2D eigenvalue weighted by molar-refractivity contribution is 5.70. The lowest BCUT2D eigenvalue weighted by Gasteiger charge is -2.38. The largest absolute Gasteiger partial charge is 0.449 e. The van der Waals surface area contributed by atoms with E-state index in [0.717, 1.165) is 45.2 Å². The predicted molar refractivity (Wildman–Crippen MR) is 88.8 cm³/mol. The fraction of sp³-hybridized carbons (Fsp3) is 0.944. The molecule has 0 spiro atoms. The van der Waals surface area contributed by atoms with Gasteiger partial charge in [-0.1, -0.05) is 33.1 Å². The SMILES string of the molecule is CCCCN(CCCC)CCC(=O)OC1(C(F)(F)F)CCCCC1. The monoisotopic (exact) mass is 351 g/mol. The molecule has 0 amide bonds. The number of unbranched alkanes of at least 4 members (excludes halogenated alkanes) is 2. The van der Waals surface area contributed by atoms with Gasteiger partial charge in [0.2, 0.25) is 5.60 Å². The topological polar surface area (TPSA) is 29.5 Å². The molecule has 24 heavy (non-hydrogen) atoms. The molecule has 1 fully saturated rings. The van der Waals surface area contributed by atoms with Crippen molar-refractivity contribution >= 4 is 5.97 Å². The van der Waals surface area contributed by atoms with Gasteiger partial charge in [-0.05, 0) is 51.6 Å². The first-order valence-electron chi connectivity index (χ1n) is 9.35. The van der Waals surface area contributed by atoms with Gasteiger partial charge < -0.3 is 9.64 Å². The number of ether oxygens (including phenoxy) is 1. The molecular formula is C18H32F3NO2. The number of hydrogen-bond donors (Lipinski definition) is 0. The van der Waals surface area contributed by atoms with Crippen LogP contribution in [0.1, 0.15) is 78.1 Å². The van der Waals surface area contributed by atoms with Crippen LogP contribution in [0, 0.1) is 0 Å². The summed E-state index contributed by atoms with van der Waals surface area (Å²) in [4.78, 5) is 14.2. The van der Waals surface area contributed by atoms with E-state index in [1.807, 2.05) is 0 Å². The molecule has 142 valence electrons. The molecule has 6 heteroatoms. The summed E-state index contributed by atoms with van der Waals surface area (Å²) in [6, 6.07) is 0. The van der Waals surface area contributed by atoms with Gasteiger partial charge in [-0.25, -0.2) is 0 Å². The van der Waals surface area contributed by atoms with Crippen molar-refractivity contribution in [2.24, 2.45) is 0 Å². The Morgan fingerprint density at radius 2 is 1.54 bits per heavy atom.